The summed E-state index contributed by atoms with van der Waals surface area (Å²) in [6.45, 7) is 4.36. The molecule has 0 atom stereocenters. The van der Waals surface area contributed by atoms with Crippen LogP contribution in [0.1, 0.15) is 27.0 Å². The second-order valence-corrected chi connectivity index (χ2v) is 4.88. The molecule has 0 fully saturated rings. The molecule has 0 aliphatic heterocycles. The Bertz CT molecular complexity index is 628. The predicted molar refractivity (Wildman–Crippen MR) is 79.9 cm³/mol. The maximum Gasteiger partial charge on any atom is 0.248 e. The minimum atomic E-state index is -0.440. The second-order valence-electron chi connectivity index (χ2n) is 4.88. The van der Waals surface area contributed by atoms with E-state index in [1.807, 2.05) is 32.0 Å². The number of carbonyl (C=O) groups is 1. The monoisotopic (exact) mass is 270 g/mol. The molecule has 0 heterocycles. The molecular weight excluding hydrogens is 252 g/mol. The first-order chi connectivity index (χ1) is 9.47. The van der Waals surface area contributed by atoms with Crippen LogP contribution in [0.25, 0.3) is 0 Å². The maximum atomic E-state index is 11.1. The lowest BCUT2D eigenvalue weighted by Crippen LogP contribution is -2.11. The molecule has 4 heteroatoms. The highest BCUT2D eigenvalue weighted by Gasteiger charge is 2.04. The van der Waals surface area contributed by atoms with Crippen molar-refractivity contribution < 1.29 is 9.90 Å². The van der Waals surface area contributed by atoms with Gasteiger partial charge in [0, 0.05) is 17.8 Å². The molecule has 4 N–H and O–H groups in total. The van der Waals surface area contributed by atoms with Crippen molar-refractivity contribution >= 4 is 11.6 Å². The highest BCUT2D eigenvalue weighted by atomic mass is 16.3. The van der Waals surface area contributed by atoms with Crippen LogP contribution in [-0.2, 0) is 6.54 Å². The summed E-state index contributed by atoms with van der Waals surface area (Å²) in [5.74, 6) is -0.102. The molecular formula is C16H18N2O2. The average molecular weight is 270 g/mol. The van der Waals surface area contributed by atoms with Crippen LogP contribution in [0.2, 0.25) is 0 Å². The minimum Gasteiger partial charge on any atom is -0.507 e. The van der Waals surface area contributed by atoms with Gasteiger partial charge in [-0.25, -0.2) is 0 Å². The lowest BCUT2D eigenvalue weighted by molar-refractivity contribution is 0.100. The molecule has 2 aromatic rings. The van der Waals surface area contributed by atoms with Crippen LogP contribution in [0.4, 0.5) is 5.69 Å². The Morgan fingerprint density at radius 2 is 1.85 bits per heavy atom. The maximum absolute atomic E-state index is 11.1. The van der Waals surface area contributed by atoms with E-state index in [1.54, 1.807) is 18.2 Å². The van der Waals surface area contributed by atoms with Crippen LogP contribution in [0, 0.1) is 13.8 Å². The van der Waals surface area contributed by atoms with Crippen LogP contribution in [0.5, 0.6) is 5.75 Å². The zero-order valence-electron chi connectivity index (χ0n) is 11.6. The van der Waals surface area contributed by atoms with Gasteiger partial charge in [-0.1, -0.05) is 18.2 Å². The minimum absolute atomic E-state index is 0.337. The fourth-order valence-electron chi connectivity index (χ4n) is 2.13. The summed E-state index contributed by atoms with van der Waals surface area (Å²) in [4.78, 5) is 11.1. The summed E-state index contributed by atoms with van der Waals surface area (Å²) in [5.41, 5.74) is 9.35. The van der Waals surface area contributed by atoms with Crippen molar-refractivity contribution in [3.05, 3.63) is 58.7 Å². The normalized spacial score (nSPS) is 10.3. The highest BCUT2D eigenvalue weighted by molar-refractivity contribution is 5.93. The number of hydrogen-bond donors (Lipinski definition) is 3. The Labute approximate surface area is 118 Å². The number of nitrogens with two attached hydrogens (primary N) is 1. The topological polar surface area (TPSA) is 75.3 Å². The Kier molecular flexibility index (Phi) is 3.94. The molecule has 20 heavy (non-hydrogen) atoms. The quantitative estimate of drug-likeness (QED) is 0.799. The standard InChI is InChI=1S/C16H18N2O2/c1-10-6-12(7-11(2)15(10)19)9-18-14-5-3-4-13(8-14)16(17)20/h3-8,18-19H,9H2,1-2H3,(H2,17,20). The number of primary amides is 1. The van der Waals surface area contributed by atoms with E-state index in [2.05, 4.69) is 5.32 Å². The van der Waals surface area contributed by atoms with E-state index in [9.17, 15) is 9.90 Å². The molecule has 104 valence electrons. The molecule has 0 bridgehead atoms. The van der Waals surface area contributed by atoms with Crippen LogP contribution < -0.4 is 11.1 Å². The molecule has 2 aromatic carbocycles. The molecule has 0 unspecified atom stereocenters. The number of carbonyl (C=O) groups excluding carboxylic acids is 1. The molecule has 0 aliphatic rings. The van der Waals surface area contributed by atoms with Crippen LogP contribution in [-0.4, -0.2) is 11.0 Å². The number of benzene rings is 2. The molecule has 0 spiro atoms. The largest absolute Gasteiger partial charge is 0.507 e. The first kappa shape index (κ1) is 13.9. The number of phenolic OH excluding ortho intramolecular Hbond substituents is 1. The molecule has 0 saturated carbocycles. The number of nitrogens with one attached hydrogen (secondary N) is 1. The number of aryl methyl sites for hydroxylation is 2. The lowest BCUT2D eigenvalue weighted by atomic mass is 10.1. The number of rotatable bonds is 4. The van der Waals surface area contributed by atoms with E-state index >= 15 is 0 Å². The van der Waals surface area contributed by atoms with Crippen LogP contribution in [0.3, 0.4) is 0 Å². The lowest BCUT2D eigenvalue weighted by Gasteiger charge is -2.10. The van der Waals surface area contributed by atoms with E-state index in [1.165, 1.54) is 0 Å². The summed E-state index contributed by atoms with van der Waals surface area (Å²) >= 11 is 0. The van der Waals surface area contributed by atoms with Gasteiger partial charge >= 0.3 is 0 Å². The van der Waals surface area contributed by atoms with E-state index in [0.29, 0.717) is 17.9 Å². The number of amides is 1. The molecule has 0 aromatic heterocycles. The molecule has 0 radical (unpaired) electrons. The number of hydrogen-bond acceptors (Lipinski definition) is 3. The Hall–Kier alpha value is -2.49. The van der Waals surface area contributed by atoms with Crippen molar-refractivity contribution in [1.82, 2.24) is 0 Å². The Morgan fingerprint density at radius 1 is 1.20 bits per heavy atom. The third kappa shape index (κ3) is 3.09. The van der Waals surface area contributed by atoms with Crippen molar-refractivity contribution in [2.75, 3.05) is 5.32 Å². The molecule has 4 nitrogen and oxygen atoms in total. The second kappa shape index (κ2) is 5.65. The summed E-state index contributed by atoms with van der Waals surface area (Å²) < 4.78 is 0. The molecule has 1 amide bonds. The summed E-state index contributed by atoms with van der Waals surface area (Å²) in [6, 6.07) is 11.0. The average Bonchev–Trinajstić information content (AvgIpc) is 2.42. The Morgan fingerprint density at radius 3 is 2.45 bits per heavy atom. The molecule has 2 rings (SSSR count). The van der Waals surface area contributed by atoms with E-state index < -0.39 is 5.91 Å². The fourth-order valence-corrected chi connectivity index (χ4v) is 2.13. The SMILES string of the molecule is Cc1cc(CNc2cccc(C(N)=O)c2)cc(C)c1O. The van der Waals surface area contributed by atoms with E-state index in [-0.39, 0.29) is 0 Å². The third-order valence-corrected chi connectivity index (χ3v) is 3.19. The summed E-state index contributed by atoms with van der Waals surface area (Å²) in [6.07, 6.45) is 0. The van der Waals surface area contributed by atoms with Gasteiger partial charge in [0.25, 0.3) is 0 Å². The van der Waals surface area contributed by atoms with Crippen LogP contribution >= 0.6 is 0 Å². The van der Waals surface area contributed by atoms with E-state index in [4.69, 9.17) is 5.73 Å². The number of phenols is 1. The van der Waals surface area contributed by atoms with Crippen LogP contribution in [0.15, 0.2) is 36.4 Å². The van der Waals surface area contributed by atoms with Gasteiger partial charge in [-0.05, 0) is 48.7 Å². The highest BCUT2D eigenvalue weighted by Crippen LogP contribution is 2.23. The van der Waals surface area contributed by atoms with Gasteiger partial charge < -0.3 is 16.2 Å². The van der Waals surface area contributed by atoms with Gasteiger partial charge in [0.2, 0.25) is 5.91 Å². The first-order valence-electron chi connectivity index (χ1n) is 6.40. The smallest absolute Gasteiger partial charge is 0.248 e. The van der Waals surface area contributed by atoms with Crippen molar-refractivity contribution in [1.29, 1.82) is 0 Å². The zero-order chi connectivity index (χ0) is 14.7. The van der Waals surface area contributed by atoms with Gasteiger partial charge in [-0.2, -0.15) is 0 Å². The van der Waals surface area contributed by atoms with Crippen molar-refractivity contribution in [3.8, 4) is 5.75 Å². The van der Waals surface area contributed by atoms with Crippen molar-refractivity contribution in [2.45, 2.75) is 20.4 Å². The molecule has 0 saturated heterocycles. The fraction of sp³-hybridized carbons (Fsp3) is 0.188. The first-order valence-corrected chi connectivity index (χ1v) is 6.40. The third-order valence-electron chi connectivity index (χ3n) is 3.19. The van der Waals surface area contributed by atoms with E-state index in [0.717, 1.165) is 22.4 Å². The molecule has 0 aliphatic carbocycles. The summed E-state index contributed by atoms with van der Waals surface area (Å²) in [5, 5.41) is 13.0. The summed E-state index contributed by atoms with van der Waals surface area (Å²) in [7, 11) is 0. The van der Waals surface area contributed by atoms with Gasteiger partial charge in [-0.3, -0.25) is 4.79 Å². The number of anilines is 1. The Balaban J connectivity index is 2.13. The van der Waals surface area contributed by atoms with Gasteiger partial charge in [0.1, 0.15) is 5.75 Å². The van der Waals surface area contributed by atoms with Crippen molar-refractivity contribution in [2.24, 2.45) is 5.73 Å². The number of aromatic hydroxyl groups is 1. The van der Waals surface area contributed by atoms with Gasteiger partial charge in [-0.15, -0.1) is 0 Å². The van der Waals surface area contributed by atoms with Crippen molar-refractivity contribution in [3.63, 3.8) is 0 Å². The zero-order valence-corrected chi connectivity index (χ0v) is 11.6. The van der Waals surface area contributed by atoms with Gasteiger partial charge in [0.15, 0.2) is 0 Å². The predicted octanol–water partition coefficient (Wildman–Crippen LogP) is 2.72. The van der Waals surface area contributed by atoms with Gasteiger partial charge in [0.05, 0.1) is 0 Å².